The van der Waals surface area contributed by atoms with Gasteiger partial charge >= 0.3 is 18.1 Å². The highest BCUT2D eigenvalue weighted by molar-refractivity contribution is 7.90. The van der Waals surface area contributed by atoms with Gasteiger partial charge in [-0.1, -0.05) is 22.9 Å². The summed E-state index contributed by atoms with van der Waals surface area (Å²) in [6, 6.07) is 6.44. The molecular weight excluding hydrogens is 483 g/mol. The number of thiazole rings is 1. The van der Waals surface area contributed by atoms with Gasteiger partial charge in [0.25, 0.3) is 0 Å². The number of halogens is 4. The molecule has 1 unspecified atom stereocenters. The highest BCUT2D eigenvalue weighted by Crippen LogP contribution is 2.46. The van der Waals surface area contributed by atoms with Gasteiger partial charge in [-0.2, -0.15) is 13.2 Å². The summed E-state index contributed by atoms with van der Waals surface area (Å²) in [5.74, 6) is -4.02. The van der Waals surface area contributed by atoms with Gasteiger partial charge in [-0.25, -0.2) is 18.2 Å². The van der Waals surface area contributed by atoms with E-state index < -0.39 is 28.0 Å². The van der Waals surface area contributed by atoms with Crippen LogP contribution in [0.1, 0.15) is 0 Å². The van der Waals surface area contributed by atoms with Crippen molar-refractivity contribution in [1.29, 1.82) is 0 Å². The van der Waals surface area contributed by atoms with Crippen LogP contribution in [0.4, 0.5) is 23.1 Å². The SMILES string of the molecule is CS(=O)(=O)c1ccc2sc(NC(=O)NC3(C(F)(F)F)Oc4ccc(Cl)cc4O3)nc2c1. The molecule has 0 radical (unpaired) electrons. The zero-order valence-electron chi connectivity index (χ0n) is 15.3. The number of fused-ring (bicyclic) bond motifs is 2. The van der Waals surface area contributed by atoms with E-state index >= 15 is 0 Å². The molecule has 1 aromatic heterocycles. The highest BCUT2D eigenvalue weighted by Gasteiger charge is 2.65. The molecule has 2 aromatic carbocycles. The summed E-state index contributed by atoms with van der Waals surface area (Å²) in [6.07, 6.45) is -4.12. The minimum absolute atomic E-state index is 0.0153. The van der Waals surface area contributed by atoms with Gasteiger partial charge in [0, 0.05) is 17.3 Å². The molecule has 0 saturated carbocycles. The Balaban J connectivity index is 1.57. The molecule has 31 heavy (non-hydrogen) atoms. The van der Waals surface area contributed by atoms with Crippen molar-refractivity contribution in [3.63, 3.8) is 0 Å². The molecular formula is C17H11ClF3N3O5S2. The fourth-order valence-electron chi connectivity index (χ4n) is 2.68. The molecule has 2 heterocycles. The second-order valence-corrected chi connectivity index (χ2v) is 9.89. The summed E-state index contributed by atoms with van der Waals surface area (Å²) in [5, 5.41) is 3.87. The summed E-state index contributed by atoms with van der Waals surface area (Å²) in [7, 11) is -3.48. The van der Waals surface area contributed by atoms with E-state index in [9.17, 15) is 26.4 Å². The van der Waals surface area contributed by atoms with E-state index in [1.54, 1.807) is 5.32 Å². The summed E-state index contributed by atoms with van der Waals surface area (Å²) in [4.78, 5) is 16.4. The number of hydrogen-bond acceptors (Lipinski definition) is 7. The Kier molecular flexibility index (Phi) is 4.94. The number of anilines is 1. The lowest BCUT2D eigenvalue weighted by atomic mass is 10.3. The molecule has 2 amide bonds. The Hall–Kier alpha value is -2.77. The first-order chi connectivity index (χ1) is 14.4. The maximum absolute atomic E-state index is 13.7. The zero-order valence-corrected chi connectivity index (χ0v) is 17.7. The maximum atomic E-state index is 13.7. The van der Waals surface area contributed by atoms with E-state index in [0.29, 0.717) is 4.70 Å². The van der Waals surface area contributed by atoms with Crippen molar-refractivity contribution < 1.29 is 35.9 Å². The second-order valence-electron chi connectivity index (χ2n) is 6.41. The third kappa shape index (κ3) is 4.07. The first kappa shape index (κ1) is 21.5. The average molecular weight is 494 g/mol. The predicted octanol–water partition coefficient (Wildman–Crippen LogP) is 4.16. The van der Waals surface area contributed by atoms with Gasteiger partial charge in [-0.3, -0.25) is 10.6 Å². The Morgan fingerprint density at radius 1 is 1.16 bits per heavy atom. The second kappa shape index (κ2) is 7.14. The molecule has 0 aliphatic carbocycles. The number of amides is 2. The van der Waals surface area contributed by atoms with Crippen molar-refractivity contribution in [2.45, 2.75) is 17.0 Å². The van der Waals surface area contributed by atoms with E-state index in [2.05, 4.69) is 10.3 Å². The smallest absolute Gasteiger partial charge is 0.424 e. The third-order valence-electron chi connectivity index (χ3n) is 4.07. The highest BCUT2D eigenvalue weighted by atomic mass is 35.5. The van der Waals surface area contributed by atoms with Crippen LogP contribution >= 0.6 is 22.9 Å². The number of sulfone groups is 1. The molecule has 0 fully saturated rings. The molecule has 14 heteroatoms. The summed E-state index contributed by atoms with van der Waals surface area (Å²) >= 11 is 6.70. The van der Waals surface area contributed by atoms with Crippen molar-refractivity contribution in [1.82, 2.24) is 10.3 Å². The first-order valence-corrected chi connectivity index (χ1v) is 11.4. The summed E-state index contributed by atoms with van der Waals surface area (Å²) in [6.45, 7) is 0. The minimum atomic E-state index is -5.15. The van der Waals surface area contributed by atoms with Crippen molar-refractivity contribution in [3.05, 3.63) is 41.4 Å². The summed E-state index contributed by atoms with van der Waals surface area (Å²) in [5.41, 5.74) is 0.254. The molecule has 1 aliphatic rings. The molecule has 2 N–H and O–H groups in total. The van der Waals surface area contributed by atoms with Crippen molar-refractivity contribution in [2.24, 2.45) is 0 Å². The lowest BCUT2D eigenvalue weighted by Crippen LogP contribution is -2.65. The molecule has 1 aliphatic heterocycles. The molecule has 0 spiro atoms. The number of aromatic nitrogens is 1. The van der Waals surface area contributed by atoms with Gasteiger partial charge < -0.3 is 9.47 Å². The number of urea groups is 1. The third-order valence-corrected chi connectivity index (χ3v) is 6.37. The molecule has 8 nitrogen and oxygen atoms in total. The van der Waals surface area contributed by atoms with Crippen LogP contribution in [-0.4, -0.2) is 37.8 Å². The van der Waals surface area contributed by atoms with Crippen LogP contribution in [-0.2, 0) is 9.84 Å². The number of ether oxygens (including phenoxy) is 2. The predicted molar refractivity (Wildman–Crippen MR) is 106 cm³/mol. The first-order valence-electron chi connectivity index (χ1n) is 8.30. The van der Waals surface area contributed by atoms with Crippen molar-refractivity contribution in [2.75, 3.05) is 11.6 Å². The number of benzene rings is 2. The number of alkyl halides is 3. The largest absolute Gasteiger partial charge is 0.492 e. The van der Waals surface area contributed by atoms with Crippen molar-refractivity contribution >= 4 is 54.2 Å². The van der Waals surface area contributed by atoms with E-state index in [1.807, 2.05) is 0 Å². The molecule has 3 aromatic rings. The number of rotatable bonds is 3. The van der Waals surface area contributed by atoms with Gasteiger partial charge in [0.15, 0.2) is 26.5 Å². The van der Waals surface area contributed by atoms with Crippen LogP contribution in [0.2, 0.25) is 5.02 Å². The monoisotopic (exact) mass is 493 g/mol. The number of nitrogens with one attached hydrogen (secondary N) is 2. The van der Waals surface area contributed by atoms with Crippen molar-refractivity contribution in [3.8, 4) is 11.5 Å². The van der Waals surface area contributed by atoms with E-state index in [-0.39, 0.29) is 32.1 Å². The lowest BCUT2D eigenvalue weighted by Gasteiger charge is -2.29. The van der Waals surface area contributed by atoms with Gasteiger partial charge in [0.1, 0.15) is 0 Å². The van der Waals surface area contributed by atoms with Crippen LogP contribution in [0.15, 0.2) is 41.3 Å². The lowest BCUT2D eigenvalue weighted by molar-refractivity contribution is -0.317. The molecule has 0 saturated heterocycles. The fraction of sp³-hybridized carbons (Fsp3) is 0.176. The normalized spacial score (nSPS) is 18.2. The Morgan fingerprint density at radius 2 is 1.87 bits per heavy atom. The van der Waals surface area contributed by atoms with Crippen LogP contribution in [0.25, 0.3) is 10.2 Å². The van der Waals surface area contributed by atoms with E-state index in [1.165, 1.54) is 30.3 Å². The Labute approximate surface area is 181 Å². The topological polar surface area (TPSA) is 107 Å². The van der Waals surface area contributed by atoms with Crippen LogP contribution in [0, 0.1) is 0 Å². The van der Waals surface area contributed by atoms with E-state index in [4.69, 9.17) is 21.1 Å². The summed E-state index contributed by atoms with van der Waals surface area (Å²) < 4.78 is 74.7. The maximum Gasteiger partial charge on any atom is 0.492 e. The quantitative estimate of drug-likeness (QED) is 0.567. The number of carbonyl (C=O) groups excluding carboxylic acids is 1. The minimum Gasteiger partial charge on any atom is -0.424 e. The number of nitrogens with zero attached hydrogens (tertiary/aromatic N) is 1. The standard InChI is InChI=1S/C17H11ClF3N3O5S2/c1-31(26,27)9-3-5-13-10(7-9)22-15(30-13)23-14(25)24-17(16(19,20)21)28-11-4-2-8(18)6-12(11)29-17/h2-7H,1H3,(H2,22,23,24,25). The number of carbonyl (C=O) groups is 1. The van der Waals surface area contributed by atoms with Gasteiger partial charge in [0.2, 0.25) is 0 Å². The van der Waals surface area contributed by atoms with Crippen LogP contribution < -0.4 is 20.1 Å². The molecule has 4 rings (SSSR count). The zero-order chi connectivity index (χ0) is 22.6. The Bertz CT molecular complexity index is 1310. The van der Waals surface area contributed by atoms with E-state index in [0.717, 1.165) is 23.7 Å². The molecule has 164 valence electrons. The van der Waals surface area contributed by atoms with Crippen LogP contribution in [0.3, 0.4) is 0 Å². The fourth-order valence-corrected chi connectivity index (χ4v) is 4.33. The average Bonchev–Trinajstić information content (AvgIpc) is 3.19. The molecule has 0 bridgehead atoms. The number of hydrogen-bond donors (Lipinski definition) is 2. The van der Waals surface area contributed by atoms with Gasteiger partial charge in [-0.15, -0.1) is 0 Å². The van der Waals surface area contributed by atoms with Crippen LogP contribution in [0.5, 0.6) is 11.5 Å². The molecule has 1 atom stereocenters. The van der Waals surface area contributed by atoms with Gasteiger partial charge in [0.05, 0.1) is 15.1 Å². The van der Waals surface area contributed by atoms with Gasteiger partial charge in [-0.05, 0) is 30.3 Å². The Morgan fingerprint density at radius 3 is 2.55 bits per heavy atom.